The highest BCUT2D eigenvalue weighted by atomic mass is 16.5. The zero-order valence-corrected chi connectivity index (χ0v) is 16.9. The van der Waals surface area contributed by atoms with E-state index in [-0.39, 0.29) is 5.54 Å². The summed E-state index contributed by atoms with van der Waals surface area (Å²) in [5.41, 5.74) is 1.48. The van der Waals surface area contributed by atoms with E-state index in [0.717, 1.165) is 48.6 Å². The van der Waals surface area contributed by atoms with Crippen LogP contribution in [0.15, 0.2) is 42.5 Å². The summed E-state index contributed by atoms with van der Waals surface area (Å²) in [6, 6.07) is 13.6. The minimum absolute atomic E-state index is 0.358. The van der Waals surface area contributed by atoms with Crippen molar-refractivity contribution in [1.29, 1.82) is 0 Å². The van der Waals surface area contributed by atoms with Crippen LogP contribution in [0.4, 0.5) is 5.69 Å². The first-order valence-corrected chi connectivity index (χ1v) is 9.62. The Kier molecular flexibility index (Phi) is 5.24. The molecular formula is C21H25N5O3. The first kappa shape index (κ1) is 19.0. The molecule has 2 aromatic carbocycles. The van der Waals surface area contributed by atoms with Crippen molar-refractivity contribution in [2.45, 2.75) is 31.2 Å². The number of hydrogen-bond acceptors (Lipinski definition) is 7. The van der Waals surface area contributed by atoms with Crippen LogP contribution in [0, 0.1) is 0 Å². The second-order valence-electron chi connectivity index (χ2n) is 7.10. The standard InChI is InChI=1S/C21H25N5O3/c1-27-17-9-7-16(8-10-17)26-20(23-24-25-26)21(12-4-5-13-21)22-15-6-11-18(28-2)19(14-15)29-3/h6-11,14,22H,4-5,12-13H2,1-3H3. The van der Waals surface area contributed by atoms with Gasteiger partial charge in [-0.1, -0.05) is 12.8 Å². The van der Waals surface area contributed by atoms with Crippen molar-refractivity contribution in [2.75, 3.05) is 26.6 Å². The van der Waals surface area contributed by atoms with Gasteiger partial charge in [0.1, 0.15) is 5.75 Å². The van der Waals surface area contributed by atoms with Gasteiger partial charge in [-0.05, 0) is 59.7 Å². The molecule has 1 aliphatic rings. The summed E-state index contributed by atoms with van der Waals surface area (Å²) in [5, 5.41) is 16.4. The summed E-state index contributed by atoms with van der Waals surface area (Å²) < 4.78 is 17.9. The fraction of sp³-hybridized carbons (Fsp3) is 0.381. The maximum Gasteiger partial charge on any atom is 0.181 e. The van der Waals surface area contributed by atoms with Gasteiger partial charge in [0, 0.05) is 11.8 Å². The summed E-state index contributed by atoms with van der Waals surface area (Å²) in [5.74, 6) is 2.97. The van der Waals surface area contributed by atoms with Crippen LogP contribution >= 0.6 is 0 Å². The summed E-state index contributed by atoms with van der Waals surface area (Å²) in [7, 11) is 4.92. The number of nitrogens with one attached hydrogen (secondary N) is 1. The fourth-order valence-electron chi connectivity index (χ4n) is 3.96. The molecule has 1 aliphatic carbocycles. The molecule has 29 heavy (non-hydrogen) atoms. The van der Waals surface area contributed by atoms with Crippen LogP contribution in [0.25, 0.3) is 5.69 Å². The van der Waals surface area contributed by atoms with Gasteiger partial charge < -0.3 is 19.5 Å². The zero-order chi connectivity index (χ0) is 20.3. The number of rotatable bonds is 7. The molecule has 0 amide bonds. The van der Waals surface area contributed by atoms with Crippen molar-refractivity contribution < 1.29 is 14.2 Å². The third-order valence-corrected chi connectivity index (χ3v) is 5.44. The molecule has 152 valence electrons. The van der Waals surface area contributed by atoms with Gasteiger partial charge in [-0.2, -0.15) is 4.68 Å². The van der Waals surface area contributed by atoms with Gasteiger partial charge in [-0.25, -0.2) is 0 Å². The van der Waals surface area contributed by atoms with E-state index >= 15 is 0 Å². The van der Waals surface area contributed by atoms with Crippen LogP contribution < -0.4 is 19.5 Å². The molecule has 1 heterocycles. The summed E-state index contributed by atoms with van der Waals surface area (Å²) in [4.78, 5) is 0. The Bertz CT molecular complexity index is 965. The van der Waals surface area contributed by atoms with Gasteiger partial charge in [0.2, 0.25) is 0 Å². The number of aromatic nitrogens is 4. The first-order chi connectivity index (χ1) is 14.2. The number of anilines is 1. The van der Waals surface area contributed by atoms with Crippen molar-refractivity contribution in [2.24, 2.45) is 0 Å². The monoisotopic (exact) mass is 395 g/mol. The quantitative estimate of drug-likeness (QED) is 0.655. The topological polar surface area (TPSA) is 83.3 Å². The van der Waals surface area contributed by atoms with E-state index in [0.29, 0.717) is 11.5 Å². The van der Waals surface area contributed by atoms with E-state index in [1.807, 2.05) is 42.5 Å². The molecule has 3 aromatic rings. The van der Waals surface area contributed by atoms with Gasteiger partial charge in [0.15, 0.2) is 17.3 Å². The van der Waals surface area contributed by atoms with E-state index in [9.17, 15) is 0 Å². The van der Waals surface area contributed by atoms with Gasteiger partial charge in [0.05, 0.1) is 32.6 Å². The highest BCUT2D eigenvalue weighted by molar-refractivity contribution is 5.56. The Balaban J connectivity index is 1.70. The van der Waals surface area contributed by atoms with E-state index in [1.54, 1.807) is 26.0 Å². The Labute approximate surface area is 169 Å². The lowest BCUT2D eigenvalue weighted by Gasteiger charge is -2.30. The van der Waals surface area contributed by atoms with E-state index in [1.165, 1.54) is 0 Å². The lowest BCUT2D eigenvalue weighted by atomic mass is 9.95. The lowest BCUT2D eigenvalue weighted by Crippen LogP contribution is -2.35. The molecule has 0 atom stereocenters. The largest absolute Gasteiger partial charge is 0.497 e. The van der Waals surface area contributed by atoms with Crippen molar-refractivity contribution >= 4 is 5.69 Å². The number of methoxy groups -OCH3 is 3. The maximum atomic E-state index is 5.46. The summed E-state index contributed by atoms with van der Waals surface area (Å²) in [6.07, 6.45) is 4.10. The minimum atomic E-state index is -0.358. The molecule has 0 aliphatic heterocycles. The molecular weight excluding hydrogens is 370 g/mol. The fourth-order valence-corrected chi connectivity index (χ4v) is 3.96. The number of benzene rings is 2. The van der Waals surface area contributed by atoms with Gasteiger partial charge in [0.25, 0.3) is 0 Å². The number of tetrazole rings is 1. The van der Waals surface area contributed by atoms with Crippen LogP contribution in [-0.2, 0) is 5.54 Å². The number of ether oxygens (including phenoxy) is 3. The van der Waals surface area contributed by atoms with E-state index < -0.39 is 0 Å². The van der Waals surface area contributed by atoms with Crippen molar-refractivity contribution in [1.82, 2.24) is 20.2 Å². The smallest absolute Gasteiger partial charge is 0.181 e. The van der Waals surface area contributed by atoms with Crippen molar-refractivity contribution in [3.05, 3.63) is 48.3 Å². The molecule has 0 saturated heterocycles. The molecule has 1 fully saturated rings. The van der Waals surface area contributed by atoms with Crippen LogP contribution in [0.5, 0.6) is 17.2 Å². The average molecular weight is 395 g/mol. The van der Waals surface area contributed by atoms with Crippen LogP contribution in [-0.4, -0.2) is 41.5 Å². The average Bonchev–Trinajstić information content (AvgIpc) is 3.44. The summed E-state index contributed by atoms with van der Waals surface area (Å²) >= 11 is 0. The molecule has 4 rings (SSSR count). The molecule has 8 heteroatoms. The summed E-state index contributed by atoms with van der Waals surface area (Å²) in [6.45, 7) is 0. The Morgan fingerprint density at radius 1 is 0.897 bits per heavy atom. The predicted octanol–water partition coefficient (Wildman–Crippen LogP) is 3.57. The van der Waals surface area contributed by atoms with Crippen LogP contribution in [0.2, 0.25) is 0 Å². The molecule has 1 N–H and O–H groups in total. The van der Waals surface area contributed by atoms with Crippen LogP contribution in [0.3, 0.4) is 0 Å². The van der Waals surface area contributed by atoms with Crippen molar-refractivity contribution in [3.8, 4) is 22.9 Å². The van der Waals surface area contributed by atoms with Crippen LogP contribution in [0.1, 0.15) is 31.5 Å². The molecule has 8 nitrogen and oxygen atoms in total. The maximum absolute atomic E-state index is 5.46. The Morgan fingerprint density at radius 2 is 1.62 bits per heavy atom. The lowest BCUT2D eigenvalue weighted by molar-refractivity contribution is 0.355. The second kappa shape index (κ2) is 7.98. The molecule has 0 spiro atoms. The molecule has 1 saturated carbocycles. The third kappa shape index (κ3) is 3.57. The minimum Gasteiger partial charge on any atom is -0.497 e. The Hall–Kier alpha value is -3.29. The second-order valence-corrected chi connectivity index (χ2v) is 7.10. The predicted molar refractivity (Wildman–Crippen MR) is 109 cm³/mol. The highest BCUT2D eigenvalue weighted by Gasteiger charge is 2.41. The van der Waals surface area contributed by atoms with Crippen molar-refractivity contribution in [3.63, 3.8) is 0 Å². The van der Waals surface area contributed by atoms with Gasteiger partial charge in [-0.15, -0.1) is 5.10 Å². The molecule has 0 bridgehead atoms. The van der Waals surface area contributed by atoms with Gasteiger partial charge in [-0.3, -0.25) is 0 Å². The van der Waals surface area contributed by atoms with Gasteiger partial charge >= 0.3 is 0 Å². The highest BCUT2D eigenvalue weighted by Crippen LogP contribution is 2.42. The SMILES string of the molecule is COc1ccc(-n2nnnc2C2(Nc3ccc(OC)c(OC)c3)CCCC2)cc1. The normalized spacial score (nSPS) is 15.1. The molecule has 0 unspecified atom stereocenters. The number of hydrogen-bond donors (Lipinski definition) is 1. The third-order valence-electron chi connectivity index (χ3n) is 5.44. The Morgan fingerprint density at radius 3 is 2.28 bits per heavy atom. The zero-order valence-electron chi connectivity index (χ0n) is 16.9. The number of nitrogens with zero attached hydrogens (tertiary/aromatic N) is 4. The molecule has 0 radical (unpaired) electrons. The van der Waals surface area contributed by atoms with E-state index in [2.05, 4.69) is 20.8 Å². The first-order valence-electron chi connectivity index (χ1n) is 9.62. The molecule has 1 aromatic heterocycles. The van der Waals surface area contributed by atoms with E-state index in [4.69, 9.17) is 14.2 Å².